The van der Waals surface area contributed by atoms with Crippen LogP contribution in [0.1, 0.15) is 17.5 Å². The Bertz CT molecular complexity index is 1030. The third-order valence-electron chi connectivity index (χ3n) is 5.05. The Kier molecular flexibility index (Phi) is 5.58. The maximum atomic E-state index is 5.64. The van der Waals surface area contributed by atoms with Crippen LogP contribution in [0.2, 0.25) is 0 Å². The predicted octanol–water partition coefficient (Wildman–Crippen LogP) is 4.66. The van der Waals surface area contributed by atoms with Crippen molar-refractivity contribution < 1.29 is 4.74 Å². The maximum Gasteiger partial charge on any atom is 0.159 e. The van der Waals surface area contributed by atoms with Crippen molar-refractivity contribution in [1.29, 1.82) is 0 Å². The molecule has 0 bridgehead atoms. The minimum absolute atomic E-state index is 0.813. The molecule has 0 radical (unpaired) electrons. The molecule has 5 nitrogen and oxygen atoms in total. The third kappa shape index (κ3) is 3.87. The summed E-state index contributed by atoms with van der Waals surface area (Å²) in [7, 11) is 5.90. The predicted molar refractivity (Wildman–Crippen MR) is 119 cm³/mol. The lowest BCUT2D eigenvalue weighted by atomic mass is 9.99. The minimum atomic E-state index is 0.813. The van der Waals surface area contributed by atoms with Crippen LogP contribution in [0, 0.1) is 0 Å². The molecule has 5 heteroatoms. The molecule has 2 heterocycles. The van der Waals surface area contributed by atoms with E-state index in [1.54, 1.807) is 7.11 Å². The van der Waals surface area contributed by atoms with Crippen molar-refractivity contribution in [3.8, 4) is 5.75 Å². The fourth-order valence-corrected chi connectivity index (χ4v) is 3.70. The molecule has 0 saturated carbocycles. The summed E-state index contributed by atoms with van der Waals surface area (Å²) in [5, 5.41) is 0. The molecular formula is C24H26N4O. The Balaban J connectivity index is 1.89. The van der Waals surface area contributed by atoms with Crippen molar-refractivity contribution in [2.75, 3.05) is 39.2 Å². The lowest BCUT2D eigenvalue weighted by Crippen LogP contribution is -2.24. The molecule has 0 unspecified atom stereocenters. The summed E-state index contributed by atoms with van der Waals surface area (Å²) in [4.78, 5) is 14.3. The SMILES string of the molecule is COc1ccccc1C1=Nc2cccnc2N(CCCN(C)C)c2ccccc21. The molecular weight excluding hydrogens is 360 g/mol. The highest BCUT2D eigenvalue weighted by atomic mass is 16.5. The van der Waals surface area contributed by atoms with Gasteiger partial charge < -0.3 is 14.5 Å². The Morgan fingerprint density at radius 2 is 1.69 bits per heavy atom. The van der Waals surface area contributed by atoms with Gasteiger partial charge in [0.05, 0.1) is 18.5 Å². The second-order valence-corrected chi connectivity index (χ2v) is 7.33. The van der Waals surface area contributed by atoms with Gasteiger partial charge in [-0.1, -0.05) is 30.3 Å². The molecule has 1 aromatic heterocycles. The number of hydrogen-bond acceptors (Lipinski definition) is 5. The topological polar surface area (TPSA) is 41.0 Å². The van der Waals surface area contributed by atoms with Gasteiger partial charge in [0.25, 0.3) is 0 Å². The molecule has 2 aromatic carbocycles. The van der Waals surface area contributed by atoms with Crippen molar-refractivity contribution in [2.24, 2.45) is 4.99 Å². The highest BCUT2D eigenvalue weighted by Gasteiger charge is 2.25. The summed E-state index contributed by atoms with van der Waals surface area (Å²) in [5.74, 6) is 1.70. The number of rotatable bonds is 6. The monoisotopic (exact) mass is 386 g/mol. The van der Waals surface area contributed by atoms with Gasteiger partial charge in [-0.15, -0.1) is 0 Å². The number of aromatic nitrogens is 1. The van der Waals surface area contributed by atoms with Crippen LogP contribution in [0.3, 0.4) is 0 Å². The zero-order chi connectivity index (χ0) is 20.2. The molecule has 29 heavy (non-hydrogen) atoms. The van der Waals surface area contributed by atoms with Crippen molar-refractivity contribution in [2.45, 2.75) is 6.42 Å². The summed E-state index contributed by atoms with van der Waals surface area (Å²) in [5.41, 5.74) is 4.96. The molecule has 0 aliphatic carbocycles. The van der Waals surface area contributed by atoms with Gasteiger partial charge in [0, 0.05) is 23.9 Å². The second-order valence-electron chi connectivity index (χ2n) is 7.33. The fraction of sp³-hybridized carbons (Fsp3) is 0.250. The highest BCUT2D eigenvalue weighted by molar-refractivity contribution is 6.19. The summed E-state index contributed by atoms with van der Waals surface area (Å²) < 4.78 is 5.64. The fourth-order valence-electron chi connectivity index (χ4n) is 3.70. The van der Waals surface area contributed by atoms with E-state index in [0.29, 0.717) is 0 Å². The second kappa shape index (κ2) is 8.45. The molecule has 0 fully saturated rings. The lowest BCUT2D eigenvalue weighted by molar-refractivity contribution is 0.402. The highest BCUT2D eigenvalue weighted by Crippen LogP contribution is 2.40. The van der Waals surface area contributed by atoms with Gasteiger partial charge in [0.15, 0.2) is 5.82 Å². The number of para-hydroxylation sites is 2. The van der Waals surface area contributed by atoms with E-state index >= 15 is 0 Å². The average molecular weight is 386 g/mol. The maximum absolute atomic E-state index is 5.64. The van der Waals surface area contributed by atoms with Gasteiger partial charge in [-0.05, 0) is 57.4 Å². The zero-order valence-electron chi connectivity index (χ0n) is 17.2. The van der Waals surface area contributed by atoms with Gasteiger partial charge in [-0.3, -0.25) is 0 Å². The minimum Gasteiger partial charge on any atom is -0.496 e. The molecule has 0 amide bonds. The van der Waals surface area contributed by atoms with Crippen molar-refractivity contribution in [3.05, 3.63) is 78.0 Å². The first-order valence-electron chi connectivity index (χ1n) is 9.88. The Morgan fingerprint density at radius 3 is 2.48 bits per heavy atom. The van der Waals surface area contributed by atoms with E-state index in [1.165, 1.54) is 0 Å². The van der Waals surface area contributed by atoms with Gasteiger partial charge in [0.1, 0.15) is 11.4 Å². The molecule has 0 N–H and O–H groups in total. The summed E-state index contributed by atoms with van der Waals surface area (Å²) >= 11 is 0. The zero-order valence-corrected chi connectivity index (χ0v) is 17.2. The molecule has 0 saturated heterocycles. The number of hydrogen-bond donors (Lipinski definition) is 0. The van der Waals surface area contributed by atoms with Crippen LogP contribution in [0.5, 0.6) is 5.75 Å². The first-order chi connectivity index (χ1) is 14.2. The van der Waals surface area contributed by atoms with Crippen molar-refractivity contribution >= 4 is 22.9 Å². The summed E-state index contributed by atoms with van der Waals surface area (Å²) in [6, 6.07) is 20.4. The van der Waals surface area contributed by atoms with Crippen LogP contribution < -0.4 is 9.64 Å². The Morgan fingerprint density at radius 1 is 0.931 bits per heavy atom. The summed E-state index contributed by atoms with van der Waals surface area (Å²) in [6.07, 6.45) is 2.87. The first kappa shape index (κ1) is 19.2. The molecule has 0 spiro atoms. The standard InChI is InChI=1S/C24H26N4O/c1-27(2)16-9-17-28-21-13-6-4-10-18(21)23(19-11-5-7-14-22(19)29-3)26-20-12-8-15-25-24(20)28/h4-8,10-15H,9,16-17H2,1-3H3. The third-order valence-corrected chi connectivity index (χ3v) is 5.05. The molecule has 1 aliphatic heterocycles. The van der Waals surface area contributed by atoms with Crippen molar-refractivity contribution in [3.63, 3.8) is 0 Å². The average Bonchev–Trinajstić information content (AvgIpc) is 2.89. The number of pyridine rings is 1. The van der Waals surface area contributed by atoms with E-state index in [4.69, 9.17) is 14.7 Å². The molecule has 0 atom stereocenters. The normalized spacial score (nSPS) is 12.8. The summed E-state index contributed by atoms with van der Waals surface area (Å²) in [6.45, 7) is 1.88. The van der Waals surface area contributed by atoms with E-state index in [9.17, 15) is 0 Å². The lowest BCUT2D eigenvalue weighted by Gasteiger charge is -2.26. The van der Waals surface area contributed by atoms with Crippen LogP contribution in [0.25, 0.3) is 0 Å². The Labute approximate surface area is 172 Å². The smallest absolute Gasteiger partial charge is 0.159 e. The number of anilines is 2. The number of aliphatic imine (C=N–C) groups is 1. The van der Waals surface area contributed by atoms with E-state index in [1.807, 2.05) is 36.5 Å². The van der Waals surface area contributed by atoms with E-state index in [-0.39, 0.29) is 0 Å². The van der Waals surface area contributed by atoms with E-state index in [0.717, 1.165) is 59.3 Å². The molecule has 3 aromatic rings. The number of methoxy groups -OCH3 is 1. The first-order valence-corrected chi connectivity index (χ1v) is 9.88. The van der Waals surface area contributed by atoms with Crippen LogP contribution in [0.4, 0.5) is 17.2 Å². The number of nitrogens with zero attached hydrogens (tertiary/aromatic N) is 4. The van der Waals surface area contributed by atoms with E-state index < -0.39 is 0 Å². The molecule has 1 aliphatic rings. The number of ether oxygens (including phenoxy) is 1. The molecule has 148 valence electrons. The van der Waals surface area contributed by atoms with Crippen LogP contribution in [-0.2, 0) is 0 Å². The van der Waals surface area contributed by atoms with Crippen LogP contribution >= 0.6 is 0 Å². The number of fused-ring (bicyclic) bond motifs is 2. The quantitative estimate of drug-likeness (QED) is 0.618. The van der Waals surface area contributed by atoms with Crippen molar-refractivity contribution in [1.82, 2.24) is 9.88 Å². The van der Waals surface area contributed by atoms with Crippen LogP contribution in [-0.4, -0.2) is 49.9 Å². The van der Waals surface area contributed by atoms with E-state index in [2.05, 4.69) is 54.2 Å². The number of benzene rings is 2. The van der Waals surface area contributed by atoms with Gasteiger partial charge in [0.2, 0.25) is 0 Å². The van der Waals surface area contributed by atoms with Gasteiger partial charge in [-0.2, -0.15) is 0 Å². The van der Waals surface area contributed by atoms with Gasteiger partial charge >= 0.3 is 0 Å². The van der Waals surface area contributed by atoms with Gasteiger partial charge in [-0.25, -0.2) is 9.98 Å². The van der Waals surface area contributed by atoms with Crippen LogP contribution in [0.15, 0.2) is 71.9 Å². The Hall–Kier alpha value is -3.18. The largest absolute Gasteiger partial charge is 0.496 e. The molecule has 4 rings (SSSR count).